The Morgan fingerprint density at radius 2 is 2.07 bits per heavy atom. The number of imidazole rings is 1. The van der Waals surface area contributed by atoms with Crippen molar-refractivity contribution < 1.29 is 0 Å². The van der Waals surface area contributed by atoms with Crippen molar-refractivity contribution in [3.8, 4) is 0 Å². The molecule has 0 amide bonds. The largest absolute Gasteiger partial charge is 0.397 e. The number of fused-ring (bicyclic) bond motifs is 3. The van der Waals surface area contributed by atoms with Crippen LogP contribution in [0.4, 0.5) is 5.69 Å². The smallest absolute Gasteiger partial charge is 0.123 e. The average Bonchev–Trinajstić information content (AvgIpc) is 2.67. The van der Waals surface area contributed by atoms with Crippen molar-refractivity contribution in [2.24, 2.45) is 0 Å². The Labute approximate surface area is 81.4 Å². The van der Waals surface area contributed by atoms with Gasteiger partial charge in [-0.25, -0.2) is 0 Å². The van der Waals surface area contributed by atoms with E-state index in [0.717, 1.165) is 17.0 Å². The third kappa shape index (κ3) is 0.763. The van der Waals surface area contributed by atoms with Crippen molar-refractivity contribution >= 4 is 16.9 Å². The maximum atomic E-state index is 5.85. The fourth-order valence-corrected chi connectivity index (χ4v) is 1.87. The first-order valence-electron chi connectivity index (χ1n) is 4.60. The maximum Gasteiger partial charge on any atom is 0.123 e. The van der Waals surface area contributed by atoms with E-state index in [1.54, 1.807) is 0 Å². The number of hydrogen-bond acceptors (Lipinski definition) is 1. The van der Waals surface area contributed by atoms with E-state index in [4.69, 9.17) is 5.73 Å². The van der Waals surface area contributed by atoms with Gasteiger partial charge >= 0.3 is 0 Å². The van der Waals surface area contributed by atoms with Crippen molar-refractivity contribution in [2.75, 3.05) is 5.73 Å². The Bertz CT molecular complexity index is 616. The summed E-state index contributed by atoms with van der Waals surface area (Å²) in [5.74, 6) is 0. The standard InChI is InChI=1S/C11H11N3/c1-8-10(12)6-11-13-5-3-2-4-9(13)7-14(8)11/h2-7H,12H2,1H3. The lowest BCUT2D eigenvalue weighted by Gasteiger charge is -1.90. The summed E-state index contributed by atoms with van der Waals surface area (Å²) in [6, 6.07) is 8.14. The molecular weight excluding hydrogens is 174 g/mol. The van der Waals surface area contributed by atoms with Crippen LogP contribution in [-0.4, -0.2) is 8.80 Å². The highest BCUT2D eigenvalue weighted by atomic mass is 15.1. The first kappa shape index (κ1) is 7.50. The van der Waals surface area contributed by atoms with E-state index in [9.17, 15) is 0 Å². The predicted molar refractivity (Wildman–Crippen MR) is 57.5 cm³/mol. The Hall–Kier alpha value is -1.90. The van der Waals surface area contributed by atoms with E-state index >= 15 is 0 Å². The molecule has 0 unspecified atom stereocenters. The maximum absolute atomic E-state index is 5.85. The first-order valence-corrected chi connectivity index (χ1v) is 4.60. The molecule has 0 fully saturated rings. The second-order valence-corrected chi connectivity index (χ2v) is 3.54. The summed E-state index contributed by atoms with van der Waals surface area (Å²) in [7, 11) is 0. The van der Waals surface area contributed by atoms with Gasteiger partial charge in [0.2, 0.25) is 0 Å². The molecule has 0 saturated heterocycles. The number of pyridine rings is 1. The SMILES string of the molecule is Cc1c(N)cc2n1cc1ccccn12. The average molecular weight is 185 g/mol. The summed E-state index contributed by atoms with van der Waals surface area (Å²) in [5.41, 5.74) is 10.1. The van der Waals surface area contributed by atoms with Crippen molar-refractivity contribution in [3.05, 3.63) is 42.4 Å². The highest BCUT2D eigenvalue weighted by Crippen LogP contribution is 2.20. The van der Waals surface area contributed by atoms with Crippen molar-refractivity contribution in [3.63, 3.8) is 0 Å². The molecule has 0 radical (unpaired) electrons. The Morgan fingerprint density at radius 3 is 2.93 bits per heavy atom. The van der Waals surface area contributed by atoms with Gasteiger partial charge in [0.25, 0.3) is 0 Å². The van der Waals surface area contributed by atoms with Crippen molar-refractivity contribution in [1.82, 2.24) is 8.80 Å². The molecule has 3 rings (SSSR count). The molecule has 0 spiro atoms. The van der Waals surface area contributed by atoms with E-state index in [1.165, 1.54) is 5.52 Å². The zero-order chi connectivity index (χ0) is 9.71. The second-order valence-electron chi connectivity index (χ2n) is 3.54. The number of aromatic nitrogens is 2. The van der Waals surface area contributed by atoms with Crippen LogP contribution in [0, 0.1) is 6.92 Å². The summed E-state index contributed by atoms with van der Waals surface area (Å²) in [6.45, 7) is 2.03. The third-order valence-corrected chi connectivity index (χ3v) is 2.71. The first-order chi connectivity index (χ1) is 6.77. The molecule has 0 bridgehead atoms. The van der Waals surface area contributed by atoms with Crippen molar-refractivity contribution in [2.45, 2.75) is 6.92 Å². The number of nitrogens with zero attached hydrogens (tertiary/aromatic N) is 2. The van der Waals surface area contributed by atoms with Crippen LogP contribution >= 0.6 is 0 Å². The molecule has 3 heterocycles. The summed E-state index contributed by atoms with van der Waals surface area (Å²) >= 11 is 0. The van der Waals surface area contributed by atoms with E-state index in [0.29, 0.717) is 0 Å². The minimum Gasteiger partial charge on any atom is -0.397 e. The molecule has 0 atom stereocenters. The van der Waals surface area contributed by atoms with Gasteiger partial charge in [-0.15, -0.1) is 0 Å². The summed E-state index contributed by atoms with van der Waals surface area (Å²) in [5, 5.41) is 0. The van der Waals surface area contributed by atoms with Gasteiger partial charge in [-0.2, -0.15) is 0 Å². The molecule has 3 nitrogen and oxygen atoms in total. The number of nitrogen functional groups attached to an aromatic ring is 1. The summed E-state index contributed by atoms with van der Waals surface area (Å²) in [4.78, 5) is 0. The number of hydrogen-bond donors (Lipinski definition) is 1. The lowest BCUT2D eigenvalue weighted by molar-refractivity contribution is 1.12. The number of aryl methyl sites for hydroxylation is 1. The monoisotopic (exact) mass is 185 g/mol. The quantitative estimate of drug-likeness (QED) is 0.571. The van der Waals surface area contributed by atoms with Crippen molar-refractivity contribution in [1.29, 1.82) is 0 Å². The van der Waals surface area contributed by atoms with Gasteiger partial charge in [0.05, 0.1) is 11.2 Å². The van der Waals surface area contributed by atoms with E-state index in [2.05, 4.69) is 21.1 Å². The predicted octanol–water partition coefficient (Wildman–Crippen LogP) is 2.08. The zero-order valence-electron chi connectivity index (χ0n) is 7.94. The molecular formula is C11H11N3. The lowest BCUT2D eigenvalue weighted by atomic mass is 10.4. The Morgan fingerprint density at radius 1 is 1.21 bits per heavy atom. The molecule has 0 aromatic carbocycles. The van der Waals surface area contributed by atoms with Crippen LogP contribution in [0.5, 0.6) is 0 Å². The molecule has 70 valence electrons. The van der Waals surface area contributed by atoms with Crippen LogP contribution in [0.25, 0.3) is 11.2 Å². The molecule has 3 heteroatoms. The van der Waals surface area contributed by atoms with Crippen LogP contribution in [0.1, 0.15) is 5.69 Å². The van der Waals surface area contributed by atoms with E-state index < -0.39 is 0 Å². The third-order valence-electron chi connectivity index (χ3n) is 2.71. The van der Waals surface area contributed by atoms with Crippen LogP contribution < -0.4 is 5.73 Å². The molecule has 0 saturated carbocycles. The minimum absolute atomic E-state index is 0.846. The van der Waals surface area contributed by atoms with Gasteiger partial charge in [-0.05, 0) is 19.1 Å². The topological polar surface area (TPSA) is 34.8 Å². The lowest BCUT2D eigenvalue weighted by Crippen LogP contribution is -1.86. The molecule has 3 aromatic rings. The van der Waals surface area contributed by atoms with Crippen LogP contribution in [-0.2, 0) is 0 Å². The summed E-state index contributed by atoms with van der Waals surface area (Å²) < 4.78 is 4.24. The van der Waals surface area contributed by atoms with Gasteiger partial charge in [-0.3, -0.25) is 0 Å². The van der Waals surface area contributed by atoms with Gasteiger partial charge in [0.1, 0.15) is 5.65 Å². The Kier molecular flexibility index (Phi) is 1.24. The molecule has 2 N–H and O–H groups in total. The molecule has 0 aliphatic rings. The fraction of sp³-hybridized carbons (Fsp3) is 0.0909. The normalized spacial score (nSPS) is 11.5. The van der Waals surface area contributed by atoms with Crippen LogP contribution in [0.3, 0.4) is 0 Å². The molecule has 0 aliphatic carbocycles. The second kappa shape index (κ2) is 2.32. The zero-order valence-corrected chi connectivity index (χ0v) is 7.94. The summed E-state index contributed by atoms with van der Waals surface area (Å²) in [6.07, 6.45) is 4.14. The van der Waals surface area contributed by atoms with Gasteiger partial charge in [0, 0.05) is 24.2 Å². The van der Waals surface area contributed by atoms with E-state index in [-0.39, 0.29) is 0 Å². The van der Waals surface area contributed by atoms with E-state index in [1.807, 2.05) is 31.3 Å². The number of nitrogens with two attached hydrogens (primary N) is 1. The van der Waals surface area contributed by atoms with Gasteiger partial charge in [-0.1, -0.05) is 6.07 Å². The van der Waals surface area contributed by atoms with Crippen LogP contribution in [0.2, 0.25) is 0 Å². The Balaban J connectivity index is 2.60. The van der Waals surface area contributed by atoms with Gasteiger partial charge in [0.15, 0.2) is 0 Å². The van der Waals surface area contributed by atoms with Crippen LogP contribution in [0.15, 0.2) is 36.7 Å². The molecule has 3 aromatic heterocycles. The number of anilines is 1. The molecule has 14 heavy (non-hydrogen) atoms. The number of rotatable bonds is 0. The highest BCUT2D eigenvalue weighted by Gasteiger charge is 2.06. The fourth-order valence-electron chi connectivity index (χ4n) is 1.87. The van der Waals surface area contributed by atoms with Gasteiger partial charge < -0.3 is 14.5 Å². The molecule has 0 aliphatic heterocycles. The highest BCUT2D eigenvalue weighted by molar-refractivity contribution is 5.66. The minimum atomic E-state index is 0.846.